The normalized spacial score (nSPS) is 10.6. The molecule has 0 saturated heterocycles. The van der Waals surface area contributed by atoms with Crippen LogP contribution in [0.15, 0.2) is 41.4 Å². The minimum atomic E-state index is 0. The molecule has 0 aliphatic rings. The zero-order valence-electron chi connectivity index (χ0n) is 14.8. The number of rotatable bonds is 6. The highest BCUT2D eigenvalue weighted by Crippen LogP contribution is 2.39. The Hall–Kier alpha value is -2.16. The van der Waals surface area contributed by atoms with Crippen molar-refractivity contribution in [3.05, 3.63) is 47.5 Å². The van der Waals surface area contributed by atoms with Crippen LogP contribution in [0.25, 0.3) is 0 Å². The fourth-order valence-corrected chi connectivity index (χ4v) is 2.28. The average Bonchev–Trinajstić information content (AvgIpc) is 2.60. The van der Waals surface area contributed by atoms with Gasteiger partial charge in [-0.05, 0) is 31.2 Å². The first-order valence-corrected chi connectivity index (χ1v) is 7.50. The van der Waals surface area contributed by atoms with Crippen molar-refractivity contribution in [2.24, 2.45) is 10.7 Å². The van der Waals surface area contributed by atoms with Gasteiger partial charge in [0, 0.05) is 11.3 Å². The number of guanidine groups is 1. The third kappa shape index (κ3) is 5.42. The van der Waals surface area contributed by atoms with Crippen molar-refractivity contribution < 1.29 is 14.2 Å². The summed E-state index contributed by atoms with van der Waals surface area (Å²) >= 11 is 0. The van der Waals surface area contributed by atoms with E-state index in [-0.39, 0.29) is 24.0 Å². The van der Waals surface area contributed by atoms with Gasteiger partial charge in [-0.1, -0.05) is 17.7 Å². The highest BCUT2D eigenvalue weighted by Gasteiger charge is 2.15. The summed E-state index contributed by atoms with van der Waals surface area (Å²) in [6, 6.07) is 11.6. The third-order valence-electron chi connectivity index (χ3n) is 3.53. The van der Waals surface area contributed by atoms with Crippen molar-refractivity contribution in [1.82, 2.24) is 0 Å². The molecule has 2 aromatic rings. The molecule has 0 radical (unpaired) electrons. The van der Waals surface area contributed by atoms with E-state index in [1.54, 1.807) is 21.3 Å². The second-order valence-corrected chi connectivity index (χ2v) is 5.19. The molecule has 0 heterocycles. The molecule has 3 N–H and O–H groups in total. The molecule has 0 atom stereocenters. The van der Waals surface area contributed by atoms with Gasteiger partial charge in [0.2, 0.25) is 5.75 Å². The van der Waals surface area contributed by atoms with E-state index >= 15 is 0 Å². The van der Waals surface area contributed by atoms with E-state index in [9.17, 15) is 0 Å². The predicted molar refractivity (Wildman–Crippen MR) is 112 cm³/mol. The number of halogens is 1. The number of hydrogen-bond acceptors (Lipinski definition) is 4. The number of anilines is 1. The minimum absolute atomic E-state index is 0. The van der Waals surface area contributed by atoms with Crippen LogP contribution in [0.5, 0.6) is 17.2 Å². The topological polar surface area (TPSA) is 78.1 Å². The van der Waals surface area contributed by atoms with Gasteiger partial charge < -0.3 is 25.3 Å². The van der Waals surface area contributed by atoms with Crippen molar-refractivity contribution in [1.29, 1.82) is 0 Å². The number of methoxy groups -OCH3 is 3. The van der Waals surface area contributed by atoms with E-state index in [4.69, 9.17) is 19.9 Å². The molecule has 0 aliphatic heterocycles. The van der Waals surface area contributed by atoms with Crippen LogP contribution in [-0.2, 0) is 6.54 Å². The zero-order valence-corrected chi connectivity index (χ0v) is 17.2. The Bertz CT molecular complexity index is 718. The maximum Gasteiger partial charge on any atom is 0.203 e. The standard InChI is InChI=1S/C18H23N3O3.HI/c1-12-5-8-14(9-6-12)21-18(19)20-11-13-7-10-15(22-2)17(24-4)16(13)23-3;/h5-10H,11H2,1-4H3,(H3,19,20,21);1H. The number of hydrogen-bond donors (Lipinski definition) is 2. The SMILES string of the molecule is COc1ccc(CN=C(N)Nc2ccc(C)cc2)c(OC)c1OC.I. The average molecular weight is 457 g/mol. The lowest BCUT2D eigenvalue weighted by Gasteiger charge is -2.15. The second kappa shape index (κ2) is 9.97. The molecule has 0 fully saturated rings. The van der Waals surface area contributed by atoms with Gasteiger partial charge in [0.1, 0.15) is 0 Å². The molecule has 0 aromatic heterocycles. The molecule has 0 aliphatic carbocycles. The molecule has 7 heteroatoms. The number of aliphatic imine (C=N–C) groups is 1. The molecule has 136 valence electrons. The summed E-state index contributed by atoms with van der Waals surface area (Å²) < 4.78 is 16.1. The molecule has 0 unspecified atom stereocenters. The van der Waals surface area contributed by atoms with Gasteiger partial charge in [0.15, 0.2) is 17.5 Å². The van der Waals surface area contributed by atoms with Crippen molar-refractivity contribution in [3.63, 3.8) is 0 Å². The molecule has 25 heavy (non-hydrogen) atoms. The van der Waals surface area contributed by atoms with Gasteiger partial charge in [-0.3, -0.25) is 0 Å². The first kappa shape index (κ1) is 20.9. The summed E-state index contributed by atoms with van der Waals surface area (Å²) in [5.41, 5.74) is 8.88. The summed E-state index contributed by atoms with van der Waals surface area (Å²) in [5.74, 6) is 2.06. The van der Waals surface area contributed by atoms with Gasteiger partial charge >= 0.3 is 0 Å². The molecule has 0 amide bonds. The van der Waals surface area contributed by atoms with Gasteiger partial charge in [-0.25, -0.2) is 4.99 Å². The second-order valence-electron chi connectivity index (χ2n) is 5.19. The fraction of sp³-hybridized carbons (Fsp3) is 0.278. The number of nitrogens with one attached hydrogen (secondary N) is 1. The number of benzene rings is 2. The lowest BCUT2D eigenvalue weighted by molar-refractivity contribution is 0.322. The van der Waals surface area contributed by atoms with Crippen LogP contribution in [0.4, 0.5) is 5.69 Å². The monoisotopic (exact) mass is 457 g/mol. The highest BCUT2D eigenvalue weighted by atomic mass is 127. The van der Waals surface area contributed by atoms with Gasteiger partial charge in [-0.15, -0.1) is 24.0 Å². The van der Waals surface area contributed by atoms with Crippen LogP contribution in [0.1, 0.15) is 11.1 Å². The van der Waals surface area contributed by atoms with Crippen LogP contribution in [0.3, 0.4) is 0 Å². The van der Waals surface area contributed by atoms with Crippen LogP contribution in [-0.4, -0.2) is 27.3 Å². The molecular formula is C18H24IN3O3. The van der Waals surface area contributed by atoms with E-state index in [1.165, 1.54) is 5.56 Å². The number of aryl methyl sites for hydroxylation is 1. The van der Waals surface area contributed by atoms with Crippen LogP contribution < -0.4 is 25.3 Å². The van der Waals surface area contributed by atoms with Crippen molar-refractivity contribution >= 4 is 35.6 Å². The van der Waals surface area contributed by atoms with E-state index < -0.39 is 0 Å². The van der Waals surface area contributed by atoms with Crippen LogP contribution >= 0.6 is 24.0 Å². The van der Waals surface area contributed by atoms with Gasteiger partial charge in [0.25, 0.3) is 0 Å². The molecule has 2 rings (SSSR count). The van der Waals surface area contributed by atoms with Crippen molar-refractivity contribution in [3.8, 4) is 17.2 Å². The molecule has 2 aromatic carbocycles. The van der Waals surface area contributed by atoms with E-state index in [2.05, 4.69) is 10.3 Å². The maximum atomic E-state index is 5.95. The maximum absolute atomic E-state index is 5.95. The van der Waals surface area contributed by atoms with Crippen molar-refractivity contribution in [2.45, 2.75) is 13.5 Å². The Kier molecular flexibility index (Phi) is 8.33. The lowest BCUT2D eigenvalue weighted by atomic mass is 10.1. The van der Waals surface area contributed by atoms with E-state index in [0.717, 1.165) is 11.3 Å². The van der Waals surface area contributed by atoms with Crippen LogP contribution in [0, 0.1) is 6.92 Å². The smallest absolute Gasteiger partial charge is 0.203 e. The number of nitrogens with zero attached hydrogens (tertiary/aromatic N) is 1. The number of nitrogens with two attached hydrogens (primary N) is 1. The third-order valence-corrected chi connectivity index (χ3v) is 3.53. The summed E-state index contributed by atoms with van der Waals surface area (Å²) in [7, 11) is 4.73. The van der Waals surface area contributed by atoms with E-state index in [1.807, 2.05) is 43.3 Å². The minimum Gasteiger partial charge on any atom is -0.493 e. The first-order valence-electron chi connectivity index (χ1n) is 7.50. The zero-order chi connectivity index (χ0) is 17.5. The molecule has 0 spiro atoms. The summed E-state index contributed by atoms with van der Waals surface area (Å²) in [5, 5.41) is 3.06. The quantitative estimate of drug-likeness (QED) is 0.394. The predicted octanol–water partition coefficient (Wildman–Crippen LogP) is 3.57. The number of ether oxygens (including phenoxy) is 3. The Morgan fingerprint density at radius 1 is 0.960 bits per heavy atom. The summed E-state index contributed by atoms with van der Waals surface area (Å²) in [6.45, 7) is 2.39. The first-order chi connectivity index (χ1) is 11.6. The molecule has 0 bridgehead atoms. The van der Waals surface area contributed by atoms with Crippen LogP contribution in [0.2, 0.25) is 0 Å². The van der Waals surface area contributed by atoms with Crippen molar-refractivity contribution in [2.75, 3.05) is 26.6 Å². The summed E-state index contributed by atoms with van der Waals surface area (Å²) in [6.07, 6.45) is 0. The Morgan fingerprint density at radius 2 is 1.60 bits per heavy atom. The highest BCUT2D eigenvalue weighted by molar-refractivity contribution is 14.0. The Balaban J connectivity index is 0.00000312. The van der Waals surface area contributed by atoms with E-state index in [0.29, 0.717) is 29.8 Å². The molecule has 0 saturated carbocycles. The lowest BCUT2D eigenvalue weighted by Crippen LogP contribution is -2.22. The van der Waals surface area contributed by atoms with Gasteiger partial charge in [0.05, 0.1) is 27.9 Å². The Morgan fingerprint density at radius 3 is 2.16 bits per heavy atom. The fourth-order valence-electron chi connectivity index (χ4n) is 2.28. The largest absolute Gasteiger partial charge is 0.493 e. The molecule has 6 nitrogen and oxygen atoms in total. The van der Waals surface area contributed by atoms with Gasteiger partial charge in [-0.2, -0.15) is 0 Å². The Labute approximate surface area is 165 Å². The summed E-state index contributed by atoms with van der Waals surface area (Å²) in [4.78, 5) is 4.36. The molecular weight excluding hydrogens is 433 g/mol.